The Bertz CT molecular complexity index is 703. The van der Waals surface area contributed by atoms with Gasteiger partial charge in [0.15, 0.2) is 0 Å². The number of pyridine rings is 1. The minimum absolute atomic E-state index is 0.0186. The van der Waals surface area contributed by atoms with Crippen LogP contribution in [0.2, 0.25) is 0 Å². The van der Waals surface area contributed by atoms with Crippen molar-refractivity contribution in [2.75, 3.05) is 50.7 Å². The number of hydrogen-bond acceptors (Lipinski definition) is 7. The first-order valence-corrected chi connectivity index (χ1v) is 10.3. The van der Waals surface area contributed by atoms with E-state index in [4.69, 9.17) is 4.74 Å². The lowest BCUT2D eigenvalue weighted by molar-refractivity contribution is -0.385. The average molecular weight is 405 g/mol. The fourth-order valence-electron chi connectivity index (χ4n) is 3.82. The van der Waals surface area contributed by atoms with Crippen LogP contribution in [-0.2, 0) is 4.74 Å². The standard InChI is InChI=1S/C20H31N5O4/c1-20(2,3)29-19(26)24-8-6-16(7-9-24)15-22-10-12-23(13-11-22)18-5-4-17(14-21-18)25(27)28/h4-5,14,16H,6-13,15H2,1-3H3. The van der Waals surface area contributed by atoms with Gasteiger partial charge in [0.05, 0.1) is 4.92 Å². The van der Waals surface area contributed by atoms with E-state index in [0.717, 1.165) is 64.5 Å². The molecule has 0 spiro atoms. The third kappa shape index (κ3) is 6.03. The summed E-state index contributed by atoms with van der Waals surface area (Å²) in [4.78, 5) is 33.2. The van der Waals surface area contributed by atoms with Crippen molar-refractivity contribution >= 4 is 17.6 Å². The summed E-state index contributed by atoms with van der Waals surface area (Å²) in [6.07, 6.45) is 3.12. The zero-order valence-corrected chi connectivity index (χ0v) is 17.5. The molecular formula is C20H31N5O4. The Balaban J connectivity index is 1.40. The molecule has 0 saturated carbocycles. The Morgan fingerprint density at radius 3 is 2.34 bits per heavy atom. The van der Waals surface area contributed by atoms with Crippen LogP contribution in [0.1, 0.15) is 33.6 Å². The van der Waals surface area contributed by atoms with Crippen LogP contribution in [0.5, 0.6) is 0 Å². The van der Waals surface area contributed by atoms with Crippen molar-refractivity contribution in [3.8, 4) is 0 Å². The summed E-state index contributed by atoms with van der Waals surface area (Å²) in [5, 5.41) is 10.8. The number of nitro groups is 1. The highest BCUT2D eigenvalue weighted by atomic mass is 16.6. The van der Waals surface area contributed by atoms with Gasteiger partial charge in [-0.05, 0) is 45.6 Å². The molecule has 9 heteroatoms. The van der Waals surface area contributed by atoms with Gasteiger partial charge in [0, 0.05) is 51.9 Å². The summed E-state index contributed by atoms with van der Waals surface area (Å²) in [7, 11) is 0. The van der Waals surface area contributed by atoms with Crippen LogP contribution in [0.3, 0.4) is 0 Å². The fourth-order valence-corrected chi connectivity index (χ4v) is 3.82. The van der Waals surface area contributed by atoms with E-state index in [-0.39, 0.29) is 11.8 Å². The molecule has 0 atom stereocenters. The average Bonchev–Trinajstić information content (AvgIpc) is 2.68. The van der Waals surface area contributed by atoms with Crippen LogP contribution < -0.4 is 4.90 Å². The lowest BCUT2D eigenvalue weighted by Gasteiger charge is -2.39. The van der Waals surface area contributed by atoms with E-state index in [1.807, 2.05) is 25.7 Å². The summed E-state index contributed by atoms with van der Waals surface area (Å²) in [6.45, 7) is 11.9. The first-order valence-electron chi connectivity index (χ1n) is 10.3. The van der Waals surface area contributed by atoms with E-state index in [9.17, 15) is 14.9 Å². The Kier molecular flexibility index (Phi) is 6.56. The zero-order chi connectivity index (χ0) is 21.0. The minimum atomic E-state index is -0.452. The smallest absolute Gasteiger partial charge is 0.410 e. The van der Waals surface area contributed by atoms with E-state index in [0.29, 0.717) is 5.92 Å². The maximum atomic E-state index is 12.2. The molecule has 9 nitrogen and oxygen atoms in total. The first-order chi connectivity index (χ1) is 13.7. The SMILES string of the molecule is CC(C)(C)OC(=O)N1CCC(CN2CCN(c3ccc([N+](=O)[O-])cn3)CC2)CC1. The van der Waals surface area contributed by atoms with Crippen molar-refractivity contribution in [2.45, 2.75) is 39.2 Å². The number of hydrogen-bond donors (Lipinski definition) is 0. The number of carbonyl (C=O) groups excluding carboxylic acids is 1. The largest absolute Gasteiger partial charge is 0.444 e. The topological polar surface area (TPSA) is 92.0 Å². The summed E-state index contributed by atoms with van der Waals surface area (Å²) in [5.41, 5.74) is -0.434. The van der Waals surface area contributed by atoms with E-state index < -0.39 is 10.5 Å². The molecule has 160 valence electrons. The Labute approximate surface area is 171 Å². The highest BCUT2D eigenvalue weighted by Gasteiger charge is 2.28. The van der Waals surface area contributed by atoms with Crippen molar-refractivity contribution in [3.63, 3.8) is 0 Å². The molecule has 0 aliphatic carbocycles. The van der Waals surface area contributed by atoms with E-state index in [1.54, 1.807) is 6.07 Å². The zero-order valence-electron chi connectivity index (χ0n) is 17.5. The second kappa shape index (κ2) is 8.94. The highest BCUT2D eigenvalue weighted by Crippen LogP contribution is 2.22. The lowest BCUT2D eigenvalue weighted by Crippen LogP contribution is -2.49. The molecule has 3 rings (SSSR count). The van der Waals surface area contributed by atoms with Gasteiger partial charge < -0.3 is 14.5 Å². The van der Waals surface area contributed by atoms with Gasteiger partial charge in [0.2, 0.25) is 0 Å². The maximum Gasteiger partial charge on any atom is 0.410 e. The third-order valence-electron chi connectivity index (χ3n) is 5.42. The van der Waals surface area contributed by atoms with E-state index >= 15 is 0 Å². The van der Waals surface area contributed by atoms with Gasteiger partial charge in [-0.1, -0.05) is 0 Å². The number of ether oxygens (including phenoxy) is 1. The molecule has 1 amide bonds. The number of aromatic nitrogens is 1. The van der Waals surface area contributed by atoms with Crippen LogP contribution >= 0.6 is 0 Å². The summed E-state index contributed by atoms with van der Waals surface area (Å²) >= 11 is 0. The van der Waals surface area contributed by atoms with Crippen LogP contribution in [0.15, 0.2) is 18.3 Å². The number of likely N-dealkylation sites (tertiary alicyclic amines) is 1. The molecule has 0 unspecified atom stereocenters. The highest BCUT2D eigenvalue weighted by molar-refractivity contribution is 5.68. The van der Waals surface area contributed by atoms with Crippen LogP contribution in [0.4, 0.5) is 16.3 Å². The second-order valence-electron chi connectivity index (χ2n) is 8.83. The molecule has 2 aliphatic heterocycles. The molecular weight excluding hydrogens is 374 g/mol. The number of amides is 1. The Hall–Kier alpha value is -2.42. The van der Waals surface area contributed by atoms with Crippen molar-refractivity contribution in [1.29, 1.82) is 0 Å². The van der Waals surface area contributed by atoms with Crippen molar-refractivity contribution < 1.29 is 14.5 Å². The van der Waals surface area contributed by atoms with Crippen LogP contribution in [0.25, 0.3) is 0 Å². The monoisotopic (exact) mass is 405 g/mol. The predicted octanol–water partition coefficient (Wildman–Crippen LogP) is 2.76. The minimum Gasteiger partial charge on any atom is -0.444 e. The Morgan fingerprint density at radius 1 is 1.17 bits per heavy atom. The van der Waals surface area contributed by atoms with Crippen LogP contribution in [0, 0.1) is 16.0 Å². The number of piperazine rings is 1. The summed E-state index contributed by atoms with van der Waals surface area (Å²) < 4.78 is 5.46. The summed E-state index contributed by atoms with van der Waals surface area (Å²) in [6, 6.07) is 3.23. The number of nitrogens with zero attached hydrogens (tertiary/aromatic N) is 5. The number of anilines is 1. The molecule has 0 bridgehead atoms. The molecule has 29 heavy (non-hydrogen) atoms. The van der Waals surface area contributed by atoms with Crippen LogP contribution in [-0.4, -0.2) is 77.2 Å². The van der Waals surface area contributed by atoms with Gasteiger partial charge in [0.25, 0.3) is 5.69 Å². The number of piperidine rings is 1. The Morgan fingerprint density at radius 2 is 1.83 bits per heavy atom. The first kappa shape index (κ1) is 21.3. The molecule has 0 radical (unpaired) electrons. The maximum absolute atomic E-state index is 12.2. The number of carbonyl (C=O) groups is 1. The molecule has 1 aromatic rings. The van der Waals surface area contributed by atoms with Gasteiger partial charge in [0.1, 0.15) is 17.6 Å². The van der Waals surface area contributed by atoms with Gasteiger partial charge in [-0.15, -0.1) is 0 Å². The van der Waals surface area contributed by atoms with E-state index in [1.165, 1.54) is 12.3 Å². The predicted molar refractivity (Wildman–Crippen MR) is 110 cm³/mol. The molecule has 2 saturated heterocycles. The molecule has 2 fully saturated rings. The van der Waals surface area contributed by atoms with Crippen molar-refractivity contribution in [3.05, 3.63) is 28.4 Å². The van der Waals surface area contributed by atoms with Crippen molar-refractivity contribution in [2.24, 2.45) is 5.92 Å². The molecule has 3 heterocycles. The molecule has 0 aromatic carbocycles. The quantitative estimate of drug-likeness (QED) is 0.562. The van der Waals surface area contributed by atoms with E-state index in [2.05, 4.69) is 14.8 Å². The van der Waals surface area contributed by atoms with Gasteiger partial charge >= 0.3 is 6.09 Å². The molecule has 2 aliphatic rings. The number of rotatable bonds is 4. The normalized spacial score (nSPS) is 19.3. The van der Waals surface area contributed by atoms with Gasteiger partial charge in [-0.2, -0.15) is 0 Å². The third-order valence-corrected chi connectivity index (χ3v) is 5.42. The molecule has 0 N–H and O–H groups in total. The van der Waals surface area contributed by atoms with Gasteiger partial charge in [-0.25, -0.2) is 9.78 Å². The fraction of sp³-hybridized carbons (Fsp3) is 0.700. The van der Waals surface area contributed by atoms with Crippen molar-refractivity contribution in [1.82, 2.24) is 14.8 Å². The lowest BCUT2D eigenvalue weighted by atomic mass is 9.96. The van der Waals surface area contributed by atoms with Gasteiger partial charge in [-0.3, -0.25) is 15.0 Å². The summed E-state index contributed by atoms with van der Waals surface area (Å²) in [5.74, 6) is 1.39. The molecule has 1 aromatic heterocycles. The second-order valence-corrected chi connectivity index (χ2v) is 8.83.